The Labute approximate surface area is 138 Å². The average Bonchev–Trinajstić information content (AvgIpc) is 3.03. The zero-order valence-corrected chi connectivity index (χ0v) is 13.5. The first-order valence-corrected chi connectivity index (χ1v) is 7.75. The van der Waals surface area contributed by atoms with Gasteiger partial charge in [-0.1, -0.05) is 18.1 Å². The number of amides is 2. The van der Waals surface area contributed by atoms with Gasteiger partial charge in [0.25, 0.3) is 0 Å². The third-order valence-corrected chi connectivity index (χ3v) is 3.45. The number of hydrogen-bond acceptors (Lipinski definition) is 6. The van der Waals surface area contributed by atoms with Gasteiger partial charge in [-0.25, -0.2) is 4.79 Å². The summed E-state index contributed by atoms with van der Waals surface area (Å²) in [5.41, 5.74) is 2.21. The molecule has 0 atom stereocenters. The number of benzene rings is 1. The van der Waals surface area contributed by atoms with Crippen LogP contribution in [0, 0.1) is 6.92 Å². The molecule has 0 unspecified atom stereocenters. The maximum atomic E-state index is 12.1. The minimum atomic E-state index is -0.299. The van der Waals surface area contributed by atoms with E-state index in [0.717, 1.165) is 23.0 Å². The summed E-state index contributed by atoms with van der Waals surface area (Å²) >= 11 is 0. The van der Waals surface area contributed by atoms with Crippen LogP contribution >= 0.6 is 0 Å². The molecule has 1 aromatic carbocycles. The molecule has 2 aromatic heterocycles. The Balaban J connectivity index is 1.59. The Hall–Kier alpha value is -3.03. The predicted octanol–water partition coefficient (Wildman–Crippen LogP) is 2.25. The Morgan fingerprint density at radius 3 is 2.96 bits per heavy atom. The molecule has 8 heteroatoms. The van der Waals surface area contributed by atoms with Crippen molar-refractivity contribution in [2.24, 2.45) is 0 Å². The molecule has 0 aliphatic carbocycles. The number of nitrogens with one attached hydrogen (secondary N) is 2. The maximum absolute atomic E-state index is 12.1. The smallest absolute Gasteiger partial charge is 0.319 e. The normalized spacial score (nSPS) is 10.8. The first-order chi connectivity index (χ1) is 11.7. The van der Waals surface area contributed by atoms with Gasteiger partial charge in [0.1, 0.15) is 0 Å². The van der Waals surface area contributed by atoms with E-state index >= 15 is 0 Å². The molecule has 0 aliphatic rings. The molecule has 0 saturated carbocycles. The molecule has 124 valence electrons. The molecule has 0 aliphatic heterocycles. The van der Waals surface area contributed by atoms with E-state index in [4.69, 9.17) is 4.52 Å². The Morgan fingerprint density at radius 2 is 2.17 bits per heavy atom. The highest BCUT2D eigenvalue weighted by Gasteiger charge is 2.08. The molecule has 3 aromatic rings. The van der Waals surface area contributed by atoms with E-state index in [1.54, 1.807) is 0 Å². The molecule has 0 bridgehead atoms. The number of hydrogen-bond donors (Lipinski definition) is 2. The Bertz CT molecular complexity index is 861. The fraction of sp³-hybridized carbons (Fsp3) is 0.312. The number of aryl methyl sites for hydroxylation is 2. The van der Waals surface area contributed by atoms with Crippen LogP contribution in [0.2, 0.25) is 0 Å². The Kier molecular flexibility index (Phi) is 4.64. The van der Waals surface area contributed by atoms with E-state index < -0.39 is 0 Å². The van der Waals surface area contributed by atoms with Crippen molar-refractivity contribution in [1.29, 1.82) is 0 Å². The van der Waals surface area contributed by atoms with Crippen LogP contribution in [0.5, 0.6) is 0 Å². The van der Waals surface area contributed by atoms with E-state index in [0.29, 0.717) is 30.4 Å². The maximum Gasteiger partial charge on any atom is 0.319 e. The highest BCUT2D eigenvalue weighted by molar-refractivity contribution is 6.00. The lowest BCUT2D eigenvalue weighted by Gasteiger charge is -2.09. The predicted molar refractivity (Wildman–Crippen MR) is 88.7 cm³/mol. The number of fused-ring (bicyclic) bond motifs is 1. The number of urea groups is 1. The minimum absolute atomic E-state index is 0.299. The lowest BCUT2D eigenvalue weighted by Crippen LogP contribution is -2.30. The number of nitrogens with zero attached hydrogens (tertiary/aromatic N) is 4. The van der Waals surface area contributed by atoms with Gasteiger partial charge in [-0.3, -0.25) is 0 Å². The lowest BCUT2D eigenvalue weighted by atomic mass is 10.2. The van der Waals surface area contributed by atoms with Crippen LogP contribution in [-0.2, 0) is 12.8 Å². The summed E-state index contributed by atoms with van der Waals surface area (Å²) < 4.78 is 5.08. The second-order valence-electron chi connectivity index (χ2n) is 5.31. The Morgan fingerprint density at radius 1 is 1.29 bits per heavy atom. The van der Waals surface area contributed by atoms with Gasteiger partial charge in [-0.15, -0.1) is 0 Å². The van der Waals surface area contributed by atoms with E-state index in [-0.39, 0.29) is 6.03 Å². The molecule has 0 fully saturated rings. The molecule has 8 nitrogen and oxygen atoms in total. The van der Waals surface area contributed by atoms with Crippen LogP contribution in [0.15, 0.2) is 28.8 Å². The molecular formula is C16H18N6O2. The number of carbonyl (C=O) groups is 1. The molecule has 24 heavy (non-hydrogen) atoms. The van der Waals surface area contributed by atoms with Crippen molar-refractivity contribution in [2.75, 3.05) is 11.9 Å². The monoisotopic (exact) mass is 326 g/mol. The number of aromatic nitrogens is 4. The second kappa shape index (κ2) is 7.03. The summed E-state index contributed by atoms with van der Waals surface area (Å²) in [6.45, 7) is 4.22. The van der Waals surface area contributed by atoms with Crippen LogP contribution in [0.4, 0.5) is 10.5 Å². The molecule has 0 radical (unpaired) electrons. The van der Waals surface area contributed by atoms with E-state index in [1.807, 2.05) is 38.1 Å². The summed E-state index contributed by atoms with van der Waals surface area (Å²) in [4.78, 5) is 16.3. The second-order valence-corrected chi connectivity index (χ2v) is 5.31. The molecule has 0 saturated heterocycles. The van der Waals surface area contributed by atoms with Gasteiger partial charge < -0.3 is 15.2 Å². The van der Waals surface area contributed by atoms with Crippen LogP contribution in [0.25, 0.3) is 10.9 Å². The van der Waals surface area contributed by atoms with Crippen molar-refractivity contribution < 1.29 is 9.32 Å². The fourth-order valence-electron chi connectivity index (χ4n) is 2.26. The lowest BCUT2D eigenvalue weighted by molar-refractivity contribution is 0.252. The third-order valence-electron chi connectivity index (χ3n) is 3.45. The van der Waals surface area contributed by atoms with Gasteiger partial charge >= 0.3 is 6.03 Å². The third kappa shape index (κ3) is 3.65. The first kappa shape index (κ1) is 15.9. The number of rotatable bonds is 5. The molecule has 3 rings (SSSR count). The summed E-state index contributed by atoms with van der Waals surface area (Å²) in [6.07, 6.45) is 1.21. The molecule has 2 amide bonds. The highest BCUT2D eigenvalue weighted by atomic mass is 16.5. The molecule has 2 heterocycles. The van der Waals surface area contributed by atoms with Crippen molar-refractivity contribution >= 4 is 22.6 Å². The highest BCUT2D eigenvalue weighted by Crippen LogP contribution is 2.21. The topological polar surface area (TPSA) is 106 Å². The van der Waals surface area contributed by atoms with Gasteiger partial charge in [0.15, 0.2) is 5.82 Å². The summed E-state index contributed by atoms with van der Waals surface area (Å²) in [6, 6.07) is 7.10. The van der Waals surface area contributed by atoms with Crippen molar-refractivity contribution in [2.45, 2.75) is 26.7 Å². The quantitative estimate of drug-likeness (QED) is 0.745. The van der Waals surface area contributed by atoms with Gasteiger partial charge in [0.2, 0.25) is 5.89 Å². The van der Waals surface area contributed by atoms with Crippen molar-refractivity contribution in [3.8, 4) is 0 Å². The zero-order valence-electron chi connectivity index (χ0n) is 13.5. The van der Waals surface area contributed by atoms with Crippen molar-refractivity contribution in [3.05, 3.63) is 41.7 Å². The van der Waals surface area contributed by atoms with Gasteiger partial charge in [0.05, 0.1) is 16.9 Å². The zero-order chi connectivity index (χ0) is 16.9. The van der Waals surface area contributed by atoms with Crippen LogP contribution in [-0.4, -0.2) is 32.9 Å². The molecule has 0 spiro atoms. The fourth-order valence-corrected chi connectivity index (χ4v) is 2.26. The van der Waals surface area contributed by atoms with Crippen molar-refractivity contribution in [1.82, 2.24) is 25.7 Å². The van der Waals surface area contributed by atoms with Gasteiger partial charge in [-0.2, -0.15) is 15.2 Å². The van der Waals surface area contributed by atoms with Crippen molar-refractivity contribution in [3.63, 3.8) is 0 Å². The summed E-state index contributed by atoms with van der Waals surface area (Å²) in [5, 5.41) is 18.4. The van der Waals surface area contributed by atoms with Crippen LogP contribution in [0.1, 0.15) is 24.3 Å². The average molecular weight is 326 g/mol. The van der Waals surface area contributed by atoms with E-state index in [9.17, 15) is 4.79 Å². The molecule has 2 N–H and O–H groups in total. The summed E-state index contributed by atoms with van der Waals surface area (Å²) in [5.74, 6) is 1.19. The largest absolute Gasteiger partial charge is 0.339 e. The van der Waals surface area contributed by atoms with E-state index in [1.165, 1.54) is 0 Å². The SMILES string of the molecule is CCc1noc(CCNC(=O)Nc2cccc3nnc(C)cc23)n1. The molecular weight excluding hydrogens is 308 g/mol. The number of carbonyl (C=O) groups excluding carboxylic acids is 1. The summed E-state index contributed by atoms with van der Waals surface area (Å²) in [7, 11) is 0. The minimum Gasteiger partial charge on any atom is -0.339 e. The van der Waals surface area contributed by atoms with Crippen LogP contribution in [0.3, 0.4) is 0 Å². The van der Waals surface area contributed by atoms with Gasteiger partial charge in [-0.05, 0) is 25.1 Å². The van der Waals surface area contributed by atoms with Crippen LogP contribution < -0.4 is 10.6 Å². The number of anilines is 1. The standard InChI is InChI=1S/C16H18N6O2/c1-3-14-19-15(24-22-14)7-8-17-16(23)18-12-5-4-6-13-11(12)9-10(2)20-21-13/h4-6,9H,3,7-8H2,1-2H3,(H2,17,18,23). The first-order valence-electron chi connectivity index (χ1n) is 7.75. The van der Waals surface area contributed by atoms with Gasteiger partial charge in [0, 0.05) is 24.8 Å². The van der Waals surface area contributed by atoms with E-state index in [2.05, 4.69) is 31.0 Å².